The van der Waals surface area contributed by atoms with Crippen LogP contribution < -0.4 is 4.74 Å². The van der Waals surface area contributed by atoms with E-state index in [-0.39, 0.29) is 0 Å². The number of benzene rings is 1. The molecule has 0 fully saturated rings. The third-order valence-corrected chi connectivity index (χ3v) is 2.69. The summed E-state index contributed by atoms with van der Waals surface area (Å²) in [5, 5.41) is 4.51. The van der Waals surface area contributed by atoms with Crippen molar-refractivity contribution < 1.29 is 14.1 Å². The van der Waals surface area contributed by atoms with Gasteiger partial charge in [-0.15, -0.1) is 0 Å². The summed E-state index contributed by atoms with van der Waals surface area (Å²) < 4.78 is 9.91. The van der Waals surface area contributed by atoms with Crippen LogP contribution in [-0.4, -0.2) is 18.6 Å². The van der Waals surface area contributed by atoms with Gasteiger partial charge in [0.25, 0.3) is 0 Å². The van der Waals surface area contributed by atoms with Crippen LogP contribution >= 0.6 is 23.2 Å². The number of aromatic nitrogens is 1. The highest BCUT2D eigenvalue weighted by Crippen LogP contribution is 2.39. The van der Waals surface area contributed by atoms with E-state index in [9.17, 15) is 4.79 Å². The molecule has 0 radical (unpaired) electrons. The smallest absolute Gasteiger partial charge is 0.155 e. The summed E-state index contributed by atoms with van der Waals surface area (Å²) in [6.45, 7) is 0. The first kappa shape index (κ1) is 12.0. The van der Waals surface area contributed by atoms with Gasteiger partial charge < -0.3 is 9.26 Å². The van der Waals surface area contributed by atoms with E-state index < -0.39 is 0 Å². The zero-order valence-corrected chi connectivity index (χ0v) is 10.2. The number of ether oxygens (including phenoxy) is 1. The van der Waals surface area contributed by atoms with E-state index in [1.54, 1.807) is 12.1 Å². The summed E-state index contributed by atoms with van der Waals surface area (Å²) in [6.07, 6.45) is 1.89. The van der Waals surface area contributed by atoms with Crippen molar-refractivity contribution in [1.29, 1.82) is 0 Å². The lowest BCUT2D eigenvalue weighted by Gasteiger charge is -2.09. The molecule has 6 heteroatoms. The third-order valence-electron chi connectivity index (χ3n) is 2.19. The largest absolute Gasteiger partial charge is 0.494 e. The Bertz CT molecular complexity index is 566. The third kappa shape index (κ3) is 2.14. The zero-order valence-electron chi connectivity index (χ0n) is 8.74. The van der Waals surface area contributed by atoms with Crippen LogP contribution in [-0.2, 0) is 0 Å². The van der Waals surface area contributed by atoms with Crippen LogP contribution in [0, 0.1) is 0 Å². The Balaban J connectivity index is 2.70. The predicted molar refractivity (Wildman–Crippen MR) is 63.9 cm³/mol. The SMILES string of the molecule is COc1c(Cl)cc(Cl)cc1-c1nocc1C=O. The molecular formula is C11H7Cl2NO3. The number of carbonyl (C=O) groups excluding carboxylic acids is 1. The molecule has 0 aliphatic heterocycles. The summed E-state index contributed by atoms with van der Waals surface area (Å²) in [7, 11) is 1.47. The molecule has 0 aliphatic carbocycles. The number of hydrogen-bond acceptors (Lipinski definition) is 4. The molecule has 0 unspecified atom stereocenters. The van der Waals surface area contributed by atoms with E-state index in [1.165, 1.54) is 13.4 Å². The molecule has 4 nitrogen and oxygen atoms in total. The second-order valence-electron chi connectivity index (χ2n) is 3.20. The number of halogens is 2. The van der Waals surface area contributed by atoms with Gasteiger partial charge in [0.15, 0.2) is 6.29 Å². The maximum absolute atomic E-state index is 10.8. The Hall–Kier alpha value is -1.52. The van der Waals surface area contributed by atoms with E-state index in [1.807, 2.05) is 0 Å². The van der Waals surface area contributed by atoms with Gasteiger partial charge in [-0.1, -0.05) is 28.4 Å². The summed E-state index contributed by atoms with van der Waals surface area (Å²) in [5.74, 6) is 0.396. The lowest BCUT2D eigenvalue weighted by Crippen LogP contribution is -1.92. The van der Waals surface area contributed by atoms with Gasteiger partial charge in [0.1, 0.15) is 17.7 Å². The van der Waals surface area contributed by atoms with E-state index in [0.29, 0.717) is 38.9 Å². The fraction of sp³-hybridized carbons (Fsp3) is 0.0909. The summed E-state index contributed by atoms with van der Waals surface area (Å²) >= 11 is 11.9. The van der Waals surface area contributed by atoms with Crippen molar-refractivity contribution >= 4 is 29.5 Å². The topological polar surface area (TPSA) is 52.3 Å². The zero-order chi connectivity index (χ0) is 12.4. The molecule has 0 saturated carbocycles. The maximum Gasteiger partial charge on any atom is 0.155 e. The molecule has 0 amide bonds. The first-order valence-electron chi connectivity index (χ1n) is 4.60. The van der Waals surface area contributed by atoms with Crippen molar-refractivity contribution in [3.63, 3.8) is 0 Å². The van der Waals surface area contributed by atoms with E-state index in [0.717, 1.165) is 0 Å². The maximum atomic E-state index is 10.8. The van der Waals surface area contributed by atoms with Crippen LogP contribution in [0.2, 0.25) is 10.0 Å². The van der Waals surface area contributed by atoms with Crippen molar-refractivity contribution in [2.45, 2.75) is 0 Å². The fourth-order valence-corrected chi connectivity index (χ4v) is 2.05. The average Bonchev–Trinajstić information content (AvgIpc) is 2.75. The molecule has 0 atom stereocenters. The highest BCUT2D eigenvalue weighted by molar-refractivity contribution is 6.36. The van der Waals surface area contributed by atoms with Crippen LogP contribution in [0.5, 0.6) is 5.75 Å². The summed E-state index contributed by atoms with van der Waals surface area (Å²) in [6, 6.07) is 3.16. The Morgan fingerprint density at radius 3 is 2.82 bits per heavy atom. The molecule has 0 saturated heterocycles. The monoisotopic (exact) mass is 271 g/mol. The normalized spacial score (nSPS) is 10.3. The van der Waals surface area contributed by atoms with E-state index in [2.05, 4.69) is 5.16 Å². The van der Waals surface area contributed by atoms with Gasteiger partial charge >= 0.3 is 0 Å². The van der Waals surface area contributed by atoms with Gasteiger partial charge in [0, 0.05) is 10.6 Å². The molecule has 1 aromatic heterocycles. The van der Waals surface area contributed by atoms with Crippen LogP contribution in [0.3, 0.4) is 0 Å². The minimum atomic E-state index is 0.307. The molecule has 2 aromatic rings. The second kappa shape index (κ2) is 4.77. The van der Waals surface area contributed by atoms with Gasteiger partial charge in [-0.25, -0.2) is 0 Å². The standard InChI is InChI=1S/C11H7Cl2NO3/c1-16-11-8(2-7(12)3-9(11)13)10-6(4-15)5-17-14-10/h2-5H,1H3. The van der Waals surface area contributed by atoms with Crippen molar-refractivity contribution in [2.24, 2.45) is 0 Å². The van der Waals surface area contributed by atoms with E-state index >= 15 is 0 Å². The summed E-state index contributed by atoms with van der Waals surface area (Å²) in [5.41, 5.74) is 1.17. The summed E-state index contributed by atoms with van der Waals surface area (Å²) in [4.78, 5) is 10.8. The molecular weight excluding hydrogens is 265 g/mol. The van der Waals surface area contributed by atoms with Gasteiger partial charge in [-0.3, -0.25) is 4.79 Å². The number of methoxy groups -OCH3 is 1. The van der Waals surface area contributed by atoms with Crippen LogP contribution in [0.4, 0.5) is 0 Å². The number of aldehydes is 1. The van der Waals surface area contributed by atoms with Crippen LogP contribution in [0.25, 0.3) is 11.3 Å². The molecule has 1 heterocycles. The van der Waals surface area contributed by atoms with Crippen molar-refractivity contribution in [3.8, 4) is 17.0 Å². The number of rotatable bonds is 3. The molecule has 0 aliphatic rings. The predicted octanol–water partition coefficient (Wildman–Crippen LogP) is 3.47. The Morgan fingerprint density at radius 2 is 2.18 bits per heavy atom. The molecule has 17 heavy (non-hydrogen) atoms. The molecule has 0 spiro atoms. The Kier molecular flexibility index (Phi) is 3.36. The van der Waals surface area contributed by atoms with Gasteiger partial charge in [-0.2, -0.15) is 0 Å². The average molecular weight is 272 g/mol. The van der Waals surface area contributed by atoms with Crippen molar-refractivity contribution in [1.82, 2.24) is 5.16 Å². The lowest BCUT2D eigenvalue weighted by atomic mass is 10.1. The molecule has 0 N–H and O–H groups in total. The second-order valence-corrected chi connectivity index (χ2v) is 4.05. The quantitative estimate of drug-likeness (QED) is 0.803. The fourth-order valence-electron chi connectivity index (χ4n) is 1.48. The van der Waals surface area contributed by atoms with Crippen LogP contribution in [0.1, 0.15) is 10.4 Å². The first-order chi connectivity index (χ1) is 8.17. The highest BCUT2D eigenvalue weighted by atomic mass is 35.5. The lowest BCUT2D eigenvalue weighted by molar-refractivity contribution is 0.112. The Labute approximate surface area is 107 Å². The minimum Gasteiger partial charge on any atom is -0.494 e. The molecule has 2 rings (SSSR count). The first-order valence-corrected chi connectivity index (χ1v) is 5.36. The van der Waals surface area contributed by atoms with Gasteiger partial charge in [0.2, 0.25) is 0 Å². The van der Waals surface area contributed by atoms with E-state index in [4.69, 9.17) is 32.5 Å². The van der Waals surface area contributed by atoms with Gasteiger partial charge in [-0.05, 0) is 12.1 Å². The molecule has 1 aromatic carbocycles. The minimum absolute atomic E-state index is 0.307. The molecule has 0 bridgehead atoms. The van der Waals surface area contributed by atoms with Gasteiger partial charge in [0.05, 0.1) is 17.7 Å². The number of hydrogen-bond donors (Lipinski definition) is 0. The highest BCUT2D eigenvalue weighted by Gasteiger charge is 2.17. The van der Waals surface area contributed by atoms with Crippen molar-refractivity contribution in [2.75, 3.05) is 7.11 Å². The number of nitrogens with zero attached hydrogens (tertiary/aromatic N) is 1. The van der Waals surface area contributed by atoms with Crippen LogP contribution in [0.15, 0.2) is 22.9 Å². The van der Waals surface area contributed by atoms with Crippen molar-refractivity contribution in [3.05, 3.63) is 34.0 Å². The molecule has 88 valence electrons. The Morgan fingerprint density at radius 1 is 1.41 bits per heavy atom. The number of carbonyl (C=O) groups is 1.